The normalized spacial score (nSPS) is 20.1. The minimum Gasteiger partial charge on any atom is -0.394 e. The number of aliphatic hydroxyl groups is 1. The Hall–Kier alpha value is -1.66. The summed E-state index contributed by atoms with van der Waals surface area (Å²) in [5.74, 6) is -0.317. The molecule has 0 bridgehead atoms. The van der Waals surface area contributed by atoms with Crippen molar-refractivity contribution in [2.24, 2.45) is 0 Å². The van der Waals surface area contributed by atoms with E-state index in [-0.39, 0.29) is 24.9 Å². The Morgan fingerprint density at radius 2 is 1.89 bits per heavy atom. The number of carbonyl (C=O) groups is 1. The summed E-state index contributed by atoms with van der Waals surface area (Å²) >= 11 is 12.2. The van der Waals surface area contributed by atoms with Gasteiger partial charge in [-0.05, 0) is 41.8 Å². The monoisotopic (exact) mass is 411 g/mol. The number of hydrogen-bond acceptors (Lipinski definition) is 3. The first-order valence-corrected chi connectivity index (χ1v) is 9.42. The lowest BCUT2D eigenvalue weighted by molar-refractivity contribution is -0.152. The van der Waals surface area contributed by atoms with Crippen LogP contribution in [0.4, 0.5) is 4.39 Å². The lowest BCUT2D eigenvalue weighted by Crippen LogP contribution is -2.50. The number of benzene rings is 2. The fourth-order valence-corrected chi connectivity index (χ4v) is 3.65. The average molecular weight is 412 g/mol. The molecule has 144 valence electrons. The van der Waals surface area contributed by atoms with E-state index in [9.17, 15) is 14.3 Å². The first kappa shape index (κ1) is 20.1. The van der Waals surface area contributed by atoms with Gasteiger partial charge in [-0.25, -0.2) is 4.39 Å². The van der Waals surface area contributed by atoms with E-state index < -0.39 is 5.60 Å². The highest BCUT2D eigenvalue weighted by Gasteiger charge is 2.41. The molecule has 0 spiro atoms. The van der Waals surface area contributed by atoms with Crippen molar-refractivity contribution in [2.45, 2.75) is 25.0 Å². The summed E-state index contributed by atoms with van der Waals surface area (Å²) in [6.07, 6.45) is 0.774. The maximum Gasteiger partial charge on any atom is 0.223 e. The second kappa shape index (κ2) is 8.57. The van der Waals surface area contributed by atoms with Crippen molar-refractivity contribution < 1.29 is 19.0 Å². The maximum absolute atomic E-state index is 13.1. The van der Waals surface area contributed by atoms with Crippen LogP contribution in [0.15, 0.2) is 42.5 Å². The van der Waals surface area contributed by atoms with E-state index in [1.165, 1.54) is 12.1 Å². The Morgan fingerprint density at radius 1 is 1.15 bits per heavy atom. The summed E-state index contributed by atoms with van der Waals surface area (Å²) in [6, 6.07) is 11.3. The van der Waals surface area contributed by atoms with E-state index in [2.05, 4.69) is 0 Å². The molecule has 0 radical (unpaired) electrons. The van der Waals surface area contributed by atoms with Crippen LogP contribution >= 0.6 is 23.2 Å². The number of ether oxygens (including phenoxy) is 1. The predicted octanol–water partition coefficient (Wildman–Crippen LogP) is 4.16. The third kappa shape index (κ3) is 4.61. The zero-order valence-electron chi connectivity index (χ0n) is 14.6. The van der Waals surface area contributed by atoms with Gasteiger partial charge in [-0.2, -0.15) is 0 Å². The van der Waals surface area contributed by atoms with Gasteiger partial charge in [0.1, 0.15) is 11.4 Å². The fraction of sp³-hybridized carbons (Fsp3) is 0.350. The van der Waals surface area contributed by atoms with Crippen LogP contribution in [0.2, 0.25) is 10.0 Å². The molecule has 1 aliphatic rings. The zero-order chi connectivity index (χ0) is 19.4. The molecule has 4 nitrogen and oxygen atoms in total. The number of piperidine rings is 1. The van der Waals surface area contributed by atoms with Crippen LogP contribution in [0, 0.1) is 5.82 Å². The molecule has 2 aromatic carbocycles. The lowest BCUT2D eigenvalue weighted by Gasteiger charge is -2.43. The molecule has 2 aromatic rings. The highest BCUT2D eigenvalue weighted by molar-refractivity contribution is 6.42. The molecule has 1 unspecified atom stereocenters. The summed E-state index contributed by atoms with van der Waals surface area (Å²) in [6.45, 7) is 0.666. The van der Waals surface area contributed by atoms with Crippen molar-refractivity contribution in [3.63, 3.8) is 0 Å². The molecule has 1 aliphatic heterocycles. The summed E-state index contributed by atoms with van der Waals surface area (Å²) in [7, 11) is 0. The summed E-state index contributed by atoms with van der Waals surface area (Å²) in [5, 5.41) is 10.1. The standard InChI is InChI=1S/C20H20Cl2FNO3/c21-17-6-3-15(11-18(17)22)20(27-10-9-25)8-7-19(26)24(13-20)12-14-1-4-16(23)5-2-14/h1-6,11,25H,7-10,12-13H2. The Kier molecular flexibility index (Phi) is 6.37. The number of amides is 1. The lowest BCUT2D eigenvalue weighted by atomic mass is 9.84. The van der Waals surface area contributed by atoms with Crippen LogP contribution < -0.4 is 0 Å². The van der Waals surface area contributed by atoms with E-state index in [4.69, 9.17) is 27.9 Å². The van der Waals surface area contributed by atoms with E-state index in [1.807, 2.05) is 6.07 Å². The quantitative estimate of drug-likeness (QED) is 0.776. The highest BCUT2D eigenvalue weighted by Crippen LogP contribution is 2.38. The molecule has 7 heteroatoms. The molecule has 0 aliphatic carbocycles. The number of aliphatic hydroxyl groups excluding tert-OH is 1. The Bertz CT molecular complexity index is 815. The molecular weight excluding hydrogens is 392 g/mol. The summed E-state index contributed by atoms with van der Waals surface area (Å²) < 4.78 is 19.2. The topological polar surface area (TPSA) is 49.8 Å². The smallest absolute Gasteiger partial charge is 0.223 e. The molecule has 1 atom stereocenters. The molecule has 27 heavy (non-hydrogen) atoms. The van der Waals surface area contributed by atoms with Crippen molar-refractivity contribution in [1.82, 2.24) is 4.90 Å². The second-order valence-corrected chi connectivity index (χ2v) is 7.39. The van der Waals surface area contributed by atoms with Gasteiger partial charge in [-0.15, -0.1) is 0 Å². The van der Waals surface area contributed by atoms with Crippen molar-refractivity contribution in [1.29, 1.82) is 0 Å². The molecule has 1 heterocycles. The van der Waals surface area contributed by atoms with Gasteiger partial charge in [-0.3, -0.25) is 4.79 Å². The Labute approximate surface area is 167 Å². The van der Waals surface area contributed by atoms with E-state index in [1.54, 1.807) is 29.2 Å². The molecule has 0 aromatic heterocycles. The number of rotatable bonds is 6. The van der Waals surface area contributed by atoms with Crippen LogP contribution in [-0.2, 0) is 21.7 Å². The molecule has 1 fully saturated rings. The molecule has 1 saturated heterocycles. The second-order valence-electron chi connectivity index (χ2n) is 6.57. The SMILES string of the molecule is O=C1CCC(OCCO)(c2ccc(Cl)c(Cl)c2)CN1Cc1ccc(F)cc1. The van der Waals surface area contributed by atoms with Crippen LogP contribution in [0.1, 0.15) is 24.0 Å². The maximum atomic E-state index is 13.1. The first-order valence-electron chi connectivity index (χ1n) is 8.66. The molecule has 1 amide bonds. The van der Waals surface area contributed by atoms with Crippen molar-refractivity contribution in [3.05, 3.63) is 69.5 Å². The molecule has 0 saturated carbocycles. The fourth-order valence-electron chi connectivity index (χ4n) is 3.35. The van der Waals surface area contributed by atoms with E-state index >= 15 is 0 Å². The van der Waals surface area contributed by atoms with Gasteiger partial charge < -0.3 is 14.7 Å². The van der Waals surface area contributed by atoms with Crippen LogP contribution in [0.5, 0.6) is 0 Å². The zero-order valence-corrected chi connectivity index (χ0v) is 16.1. The van der Waals surface area contributed by atoms with Gasteiger partial charge in [0.2, 0.25) is 5.91 Å². The van der Waals surface area contributed by atoms with E-state index in [0.29, 0.717) is 36.0 Å². The number of hydrogen-bond donors (Lipinski definition) is 1. The van der Waals surface area contributed by atoms with Crippen LogP contribution in [0.25, 0.3) is 0 Å². The van der Waals surface area contributed by atoms with Gasteiger partial charge in [-0.1, -0.05) is 41.4 Å². The Morgan fingerprint density at radius 3 is 2.56 bits per heavy atom. The van der Waals surface area contributed by atoms with Gasteiger partial charge in [0.15, 0.2) is 0 Å². The summed E-state index contributed by atoms with van der Waals surface area (Å²) in [4.78, 5) is 14.2. The highest BCUT2D eigenvalue weighted by atomic mass is 35.5. The van der Waals surface area contributed by atoms with Gasteiger partial charge >= 0.3 is 0 Å². The summed E-state index contributed by atoms with van der Waals surface area (Å²) in [5.41, 5.74) is 0.851. The number of likely N-dealkylation sites (tertiary alicyclic amines) is 1. The van der Waals surface area contributed by atoms with Crippen molar-refractivity contribution in [3.8, 4) is 0 Å². The molecular formula is C20H20Cl2FNO3. The number of carbonyl (C=O) groups excluding carboxylic acids is 1. The number of halogens is 3. The minimum atomic E-state index is -0.787. The first-order chi connectivity index (χ1) is 12.9. The van der Waals surface area contributed by atoms with Crippen LogP contribution in [-0.4, -0.2) is 35.7 Å². The third-order valence-electron chi connectivity index (χ3n) is 4.74. The van der Waals surface area contributed by atoms with Gasteiger partial charge in [0.05, 0.1) is 29.8 Å². The molecule has 1 N–H and O–H groups in total. The van der Waals surface area contributed by atoms with Gasteiger partial charge in [0, 0.05) is 13.0 Å². The largest absolute Gasteiger partial charge is 0.394 e. The minimum absolute atomic E-state index is 0.00242. The molecule has 3 rings (SSSR count). The van der Waals surface area contributed by atoms with Gasteiger partial charge in [0.25, 0.3) is 0 Å². The number of nitrogens with zero attached hydrogens (tertiary/aromatic N) is 1. The van der Waals surface area contributed by atoms with Crippen molar-refractivity contribution in [2.75, 3.05) is 19.8 Å². The average Bonchev–Trinajstić information content (AvgIpc) is 2.66. The predicted molar refractivity (Wildman–Crippen MR) is 102 cm³/mol. The van der Waals surface area contributed by atoms with E-state index in [0.717, 1.165) is 11.1 Å². The van der Waals surface area contributed by atoms with Crippen molar-refractivity contribution >= 4 is 29.1 Å². The third-order valence-corrected chi connectivity index (χ3v) is 5.48. The van der Waals surface area contributed by atoms with Crippen LogP contribution in [0.3, 0.4) is 0 Å². The Balaban J connectivity index is 1.89.